The smallest absolute Gasteiger partial charge is 0.242 e. The molecular formula is C11H16O2Si. The van der Waals surface area contributed by atoms with Crippen molar-refractivity contribution >= 4 is 14.6 Å². The molecule has 0 radical (unpaired) electrons. The molecule has 0 bridgehead atoms. The topological polar surface area (TPSA) is 26.3 Å². The van der Waals surface area contributed by atoms with Gasteiger partial charge in [-0.25, -0.2) is 0 Å². The summed E-state index contributed by atoms with van der Waals surface area (Å²) in [6.45, 7) is 8.28. The lowest BCUT2D eigenvalue weighted by molar-refractivity contribution is 0.112. The number of hydrogen-bond donors (Lipinski definition) is 0. The highest BCUT2D eigenvalue weighted by Crippen LogP contribution is 2.24. The van der Waals surface area contributed by atoms with Gasteiger partial charge in [0.2, 0.25) is 8.32 Å². The fourth-order valence-electron chi connectivity index (χ4n) is 1.21. The van der Waals surface area contributed by atoms with E-state index in [1.165, 1.54) is 0 Å². The van der Waals surface area contributed by atoms with Crippen LogP contribution in [-0.4, -0.2) is 14.6 Å². The first-order valence-electron chi connectivity index (χ1n) is 4.68. The Morgan fingerprint density at radius 1 is 1.29 bits per heavy atom. The van der Waals surface area contributed by atoms with Crippen LogP contribution in [0.1, 0.15) is 15.9 Å². The summed E-state index contributed by atoms with van der Waals surface area (Å²) in [5.74, 6) is 0.752. The van der Waals surface area contributed by atoms with Crippen LogP contribution in [0.15, 0.2) is 18.2 Å². The lowest BCUT2D eigenvalue weighted by Crippen LogP contribution is -2.30. The van der Waals surface area contributed by atoms with E-state index in [0.29, 0.717) is 5.56 Å². The Bertz CT molecular complexity index is 340. The zero-order valence-electron chi connectivity index (χ0n) is 9.13. The molecule has 0 N–H and O–H groups in total. The molecule has 0 aliphatic heterocycles. The number of benzene rings is 1. The maximum atomic E-state index is 10.8. The summed E-state index contributed by atoms with van der Waals surface area (Å²) in [6, 6.07) is 5.62. The molecule has 0 atom stereocenters. The van der Waals surface area contributed by atoms with Gasteiger partial charge in [-0.1, -0.05) is 12.1 Å². The molecule has 0 aliphatic carbocycles. The van der Waals surface area contributed by atoms with Crippen molar-refractivity contribution in [1.29, 1.82) is 0 Å². The molecular weight excluding hydrogens is 192 g/mol. The summed E-state index contributed by atoms with van der Waals surface area (Å²) in [6.07, 6.45) is 0.850. The highest BCUT2D eigenvalue weighted by atomic mass is 28.4. The van der Waals surface area contributed by atoms with Crippen molar-refractivity contribution in [1.82, 2.24) is 0 Å². The highest BCUT2D eigenvalue weighted by molar-refractivity contribution is 6.70. The van der Waals surface area contributed by atoms with Crippen LogP contribution in [-0.2, 0) is 0 Å². The van der Waals surface area contributed by atoms with Crippen molar-refractivity contribution in [3.05, 3.63) is 29.3 Å². The van der Waals surface area contributed by atoms with E-state index < -0.39 is 8.32 Å². The fourth-order valence-corrected chi connectivity index (χ4v) is 2.10. The first-order valence-corrected chi connectivity index (χ1v) is 8.08. The molecule has 0 heterocycles. The van der Waals surface area contributed by atoms with Crippen LogP contribution in [0.5, 0.6) is 5.75 Å². The second-order valence-corrected chi connectivity index (χ2v) is 8.75. The van der Waals surface area contributed by atoms with Gasteiger partial charge in [0, 0.05) is 0 Å². The fraction of sp³-hybridized carbons (Fsp3) is 0.364. The van der Waals surface area contributed by atoms with Gasteiger partial charge < -0.3 is 4.43 Å². The molecule has 1 aromatic rings. The first-order chi connectivity index (χ1) is 6.44. The number of hydrogen-bond acceptors (Lipinski definition) is 2. The van der Waals surface area contributed by atoms with Crippen LogP contribution in [0, 0.1) is 6.92 Å². The van der Waals surface area contributed by atoms with Gasteiger partial charge in [-0.15, -0.1) is 0 Å². The molecule has 0 unspecified atom stereocenters. The summed E-state index contributed by atoms with van der Waals surface area (Å²) in [5.41, 5.74) is 1.67. The third-order valence-corrected chi connectivity index (χ3v) is 2.59. The number of para-hydroxylation sites is 1. The minimum atomic E-state index is -1.64. The Labute approximate surface area is 86.0 Å². The Morgan fingerprint density at radius 3 is 2.43 bits per heavy atom. The molecule has 1 rings (SSSR count). The largest absolute Gasteiger partial charge is 0.544 e. The van der Waals surface area contributed by atoms with E-state index in [4.69, 9.17) is 4.43 Å². The Hall–Kier alpha value is -1.09. The molecule has 0 aromatic heterocycles. The van der Waals surface area contributed by atoms with Crippen LogP contribution < -0.4 is 4.43 Å². The Kier molecular flexibility index (Phi) is 3.11. The number of carbonyl (C=O) groups is 1. The van der Waals surface area contributed by atoms with Crippen LogP contribution in [0.25, 0.3) is 0 Å². The zero-order chi connectivity index (χ0) is 10.8. The molecule has 0 aliphatic rings. The maximum Gasteiger partial charge on any atom is 0.242 e. The third kappa shape index (κ3) is 2.70. The number of aldehydes is 1. The molecule has 3 heteroatoms. The van der Waals surface area contributed by atoms with Gasteiger partial charge >= 0.3 is 0 Å². The van der Waals surface area contributed by atoms with E-state index in [1.807, 2.05) is 19.1 Å². The van der Waals surface area contributed by atoms with E-state index in [-0.39, 0.29) is 0 Å². The van der Waals surface area contributed by atoms with Crippen LogP contribution in [0.4, 0.5) is 0 Å². The van der Waals surface area contributed by atoms with E-state index in [9.17, 15) is 4.79 Å². The lowest BCUT2D eigenvalue weighted by atomic mass is 10.1. The van der Waals surface area contributed by atoms with Crippen molar-refractivity contribution in [3.8, 4) is 5.75 Å². The van der Waals surface area contributed by atoms with Crippen molar-refractivity contribution in [2.45, 2.75) is 26.6 Å². The molecule has 0 saturated carbocycles. The molecule has 0 amide bonds. The second-order valence-electron chi connectivity index (χ2n) is 4.33. The number of aryl methyl sites for hydroxylation is 1. The quantitative estimate of drug-likeness (QED) is 0.564. The van der Waals surface area contributed by atoms with Crippen molar-refractivity contribution < 1.29 is 9.22 Å². The molecule has 0 saturated heterocycles. The maximum absolute atomic E-state index is 10.8. The van der Waals surface area contributed by atoms with Gasteiger partial charge in [0.15, 0.2) is 6.29 Å². The minimum Gasteiger partial charge on any atom is -0.544 e. The van der Waals surface area contributed by atoms with Gasteiger partial charge in [0.1, 0.15) is 5.75 Å². The average molecular weight is 208 g/mol. The normalized spacial score (nSPS) is 11.1. The van der Waals surface area contributed by atoms with E-state index in [2.05, 4.69) is 19.6 Å². The van der Waals surface area contributed by atoms with Crippen molar-refractivity contribution in [2.75, 3.05) is 0 Å². The van der Waals surface area contributed by atoms with Crippen molar-refractivity contribution in [3.63, 3.8) is 0 Å². The Balaban J connectivity index is 3.11. The second kappa shape index (κ2) is 3.96. The van der Waals surface area contributed by atoms with Gasteiger partial charge in [0.25, 0.3) is 0 Å². The predicted molar refractivity (Wildman–Crippen MR) is 60.5 cm³/mol. The van der Waals surface area contributed by atoms with E-state index >= 15 is 0 Å². The van der Waals surface area contributed by atoms with E-state index in [1.54, 1.807) is 6.07 Å². The molecule has 76 valence electrons. The van der Waals surface area contributed by atoms with E-state index in [0.717, 1.165) is 17.6 Å². The molecule has 0 spiro atoms. The monoisotopic (exact) mass is 208 g/mol. The summed E-state index contributed by atoms with van der Waals surface area (Å²) in [7, 11) is -1.64. The molecule has 0 fully saturated rings. The molecule has 14 heavy (non-hydrogen) atoms. The molecule has 1 aromatic carbocycles. The number of carbonyl (C=O) groups excluding carboxylic acids is 1. The van der Waals surface area contributed by atoms with Crippen molar-refractivity contribution in [2.24, 2.45) is 0 Å². The van der Waals surface area contributed by atoms with Gasteiger partial charge in [-0.05, 0) is 38.2 Å². The predicted octanol–water partition coefficient (Wildman–Crippen LogP) is 3.02. The first kappa shape index (κ1) is 11.0. The van der Waals surface area contributed by atoms with Crippen LogP contribution in [0.3, 0.4) is 0 Å². The van der Waals surface area contributed by atoms with Crippen LogP contribution in [0.2, 0.25) is 19.6 Å². The van der Waals surface area contributed by atoms with Crippen LogP contribution >= 0.6 is 0 Å². The lowest BCUT2D eigenvalue weighted by Gasteiger charge is -2.21. The number of rotatable bonds is 3. The highest BCUT2D eigenvalue weighted by Gasteiger charge is 2.19. The van der Waals surface area contributed by atoms with Gasteiger partial charge in [-0.2, -0.15) is 0 Å². The minimum absolute atomic E-state index is 0.646. The zero-order valence-corrected chi connectivity index (χ0v) is 10.1. The molecule has 2 nitrogen and oxygen atoms in total. The van der Waals surface area contributed by atoms with Gasteiger partial charge in [-0.3, -0.25) is 4.79 Å². The average Bonchev–Trinajstić information content (AvgIpc) is 2.06. The third-order valence-electron chi connectivity index (χ3n) is 1.78. The SMILES string of the molecule is Cc1cccc(C=O)c1O[Si](C)(C)C. The Morgan fingerprint density at radius 2 is 1.93 bits per heavy atom. The summed E-state index contributed by atoms with van der Waals surface area (Å²) >= 11 is 0. The standard InChI is InChI=1S/C11H16O2Si/c1-9-6-5-7-10(8-12)11(9)13-14(2,3)4/h5-8H,1-4H3. The summed E-state index contributed by atoms with van der Waals surface area (Å²) < 4.78 is 5.86. The summed E-state index contributed by atoms with van der Waals surface area (Å²) in [5, 5.41) is 0. The summed E-state index contributed by atoms with van der Waals surface area (Å²) in [4.78, 5) is 10.8. The van der Waals surface area contributed by atoms with Gasteiger partial charge in [0.05, 0.1) is 5.56 Å².